The van der Waals surface area contributed by atoms with Crippen LogP contribution in [0.5, 0.6) is 5.75 Å². The summed E-state index contributed by atoms with van der Waals surface area (Å²) in [5.41, 5.74) is 3.85. The molecule has 146 valence electrons. The van der Waals surface area contributed by atoms with Crippen molar-refractivity contribution < 1.29 is 14.3 Å². The number of hydrogen-bond donors (Lipinski definition) is 1. The third-order valence-electron chi connectivity index (χ3n) is 4.82. The van der Waals surface area contributed by atoms with Gasteiger partial charge in [-0.05, 0) is 66.8 Å². The van der Waals surface area contributed by atoms with Gasteiger partial charge in [0.15, 0.2) is 0 Å². The van der Waals surface area contributed by atoms with Crippen LogP contribution in [0, 0.1) is 13.8 Å². The zero-order valence-electron chi connectivity index (χ0n) is 16.4. The molecule has 1 aliphatic rings. The van der Waals surface area contributed by atoms with Gasteiger partial charge in [0.25, 0.3) is 11.8 Å². The second-order valence-electron chi connectivity index (χ2n) is 6.82. The van der Waals surface area contributed by atoms with Crippen molar-refractivity contribution in [1.29, 1.82) is 0 Å². The Morgan fingerprint density at radius 1 is 0.966 bits per heavy atom. The lowest BCUT2D eigenvalue weighted by atomic mass is 10.1. The second kappa shape index (κ2) is 7.56. The Bertz CT molecular complexity index is 1120. The minimum atomic E-state index is -0.358. The molecule has 0 spiro atoms. The van der Waals surface area contributed by atoms with E-state index in [-0.39, 0.29) is 17.5 Å². The van der Waals surface area contributed by atoms with Gasteiger partial charge in [0.05, 0.1) is 18.4 Å². The van der Waals surface area contributed by atoms with Gasteiger partial charge in [-0.2, -0.15) is 0 Å². The number of amides is 2. The molecule has 5 nitrogen and oxygen atoms in total. The largest absolute Gasteiger partial charge is 0.497 e. The first-order valence-electron chi connectivity index (χ1n) is 9.15. The van der Waals surface area contributed by atoms with Crippen LogP contribution in [0.1, 0.15) is 16.0 Å². The lowest BCUT2D eigenvalue weighted by Gasteiger charge is -2.18. The first-order valence-corrected chi connectivity index (χ1v) is 10.0. The highest BCUT2D eigenvalue weighted by Gasteiger charge is 2.41. The molecule has 0 unspecified atom stereocenters. The number of nitrogens with one attached hydrogen (secondary N) is 1. The highest BCUT2D eigenvalue weighted by atomic mass is 32.1. The van der Waals surface area contributed by atoms with Crippen molar-refractivity contribution in [2.45, 2.75) is 13.8 Å². The Balaban J connectivity index is 1.79. The lowest BCUT2D eigenvalue weighted by Crippen LogP contribution is -2.33. The van der Waals surface area contributed by atoms with E-state index in [0.29, 0.717) is 22.7 Å². The molecule has 4 rings (SSSR count). The average molecular weight is 404 g/mol. The molecule has 2 heterocycles. The number of hydrogen-bond acceptors (Lipinski definition) is 5. The van der Waals surface area contributed by atoms with Crippen LogP contribution in [0.25, 0.3) is 5.57 Å². The molecule has 0 fully saturated rings. The summed E-state index contributed by atoms with van der Waals surface area (Å²) in [4.78, 5) is 28.8. The smallest absolute Gasteiger partial charge is 0.282 e. The van der Waals surface area contributed by atoms with Crippen LogP contribution < -0.4 is 15.0 Å². The van der Waals surface area contributed by atoms with Crippen LogP contribution in [0.15, 0.2) is 65.7 Å². The summed E-state index contributed by atoms with van der Waals surface area (Å²) in [5.74, 6) is 0.0407. The molecule has 1 aromatic heterocycles. The van der Waals surface area contributed by atoms with Crippen LogP contribution in [0.3, 0.4) is 0 Å². The number of methoxy groups -OCH3 is 1. The molecule has 6 heteroatoms. The van der Waals surface area contributed by atoms with E-state index in [4.69, 9.17) is 4.74 Å². The van der Waals surface area contributed by atoms with Gasteiger partial charge in [-0.25, -0.2) is 4.90 Å². The monoisotopic (exact) mass is 404 g/mol. The highest BCUT2D eigenvalue weighted by molar-refractivity contribution is 7.11. The number of carbonyl (C=O) groups excluding carboxylic acids is 2. The Morgan fingerprint density at radius 2 is 1.72 bits per heavy atom. The molecule has 0 bridgehead atoms. The van der Waals surface area contributed by atoms with Gasteiger partial charge >= 0.3 is 0 Å². The van der Waals surface area contributed by atoms with E-state index < -0.39 is 0 Å². The van der Waals surface area contributed by atoms with E-state index in [9.17, 15) is 9.59 Å². The fourth-order valence-corrected chi connectivity index (χ4v) is 4.06. The molecular formula is C23H20N2O3S. The van der Waals surface area contributed by atoms with Gasteiger partial charge in [-0.15, -0.1) is 11.3 Å². The van der Waals surface area contributed by atoms with E-state index in [1.54, 1.807) is 19.2 Å². The van der Waals surface area contributed by atoms with Crippen molar-refractivity contribution in [3.8, 4) is 5.75 Å². The third kappa shape index (κ3) is 3.43. The molecule has 1 N–H and O–H groups in total. The van der Waals surface area contributed by atoms with Crippen molar-refractivity contribution in [1.82, 2.24) is 0 Å². The first-order chi connectivity index (χ1) is 14.0. The predicted octanol–water partition coefficient (Wildman–Crippen LogP) is 4.77. The molecule has 2 amide bonds. The summed E-state index contributed by atoms with van der Waals surface area (Å²) in [7, 11) is 1.60. The maximum Gasteiger partial charge on any atom is 0.282 e. The fourth-order valence-electron chi connectivity index (χ4n) is 3.29. The zero-order valence-corrected chi connectivity index (χ0v) is 17.2. The van der Waals surface area contributed by atoms with Gasteiger partial charge in [0, 0.05) is 10.6 Å². The number of imide groups is 1. The molecule has 1 aliphatic heterocycles. The second-order valence-corrected chi connectivity index (χ2v) is 7.76. The van der Waals surface area contributed by atoms with Crippen molar-refractivity contribution in [3.63, 3.8) is 0 Å². The Labute approximate surface area is 173 Å². The molecule has 2 aromatic carbocycles. The van der Waals surface area contributed by atoms with Crippen LogP contribution in [-0.2, 0) is 9.59 Å². The molecule has 3 aromatic rings. The summed E-state index contributed by atoms with van der Waals surface area (Å²) in [5, 5.41) is 5.06. The topological polar surface area (TPSA) is 58.6 Å². The lowest BCUT2D eigenvalue weighted by molar-refractivity contribution is -0.120. The maximum absolute atomic E-state index is 13.4. The van der Waals surface area contributed by atoms with Crippen LogP contribution in [-0.4, -0.2) is 18.9 Å². The minimum absolute atomic E-state index is 0.281. The third-order valence-corrected chi connectivity index (χ3v) is 5.70. The summed E-state index contributed by atoms with van der Waals surface area (Å²) >= 11 is 1.43. The minimum Gasteiger partial charge on any atom is -0.497 e. The van der Waals surface area contributed by atoms with Crippen molar-refractivity contribution in [3.05, 3.63) is 81.7 Å². The SMILES string of the molecule is COc1ccc(NC2=C(c3cccs3)C(=O)N(c3cc(C)ccc3C)C2=O)cc1. The van der Waals surface area contributed by atoms with Gasteiger partial charge in [-0.1, -0.05) is 18.2 Å². The summed E-state index contributed by atoms with van der Waals surface area (Å²) in [6.45, 7) is 3.84. The number of thiophene rings is 1. The van der Waals surface area contributed by atoms with Crippen molar-refractivity contribution >= 4 is 40.1 Å². The Morgan fingerprint density at radius 3 is 2.38 bits per heavy atom. The summed E-state index contributed by atoms with van der Waals surface area (Å²) < 4.78 is 5.19. The van der Waals surface area contributed by atoms with E-state index >= 15 is 0 Å². The number of benzene rings is 2. The molecule has 29 heavy (non-hydrogen) atoms. The van der Waals surface area contributed by atoms with Gasteiger partial charge in [0.2, 0.25) is 0 Å². The summed E-state index contributed by atoms with van der Waals surface area (Å²) in [6.07, 6.45) is 0. The van der Waals surface area contributed by atoms with E-state index in [1.807, 2.05) is 61.7 Å². The first kappa shape index (κ1) is 19.0. The molecular weight excluding hydrogens is 384 g/mol. The van der Waals surface area contributed by atoms with Crippen molar-refractivity contribution in [2.24, 2.45) is 0 Å². The van der Waals surface area contributed by atoms with E-state index in [1.165, 1.54) is 16.2 Å². The molecule has 0 saturated carbocycles. The normalized spacial score (nSPS) is 14.0. The number of carbonyl (C=O) groups is 2. The highest BCUT2D eigenvalue weighted by Crippen LogP contribution is 2.37. The standard InChI is InChI=1S/C23H20N2O3S/c1-14-6-7-15(2)18(13-14)25-22(26)20(19-5-4-12-29-19)21(23(25)27)24-16-8-10-17(28-3)11-9-16/h4-13,24H,1-3H3. The number of nitrogens with zero attached hydrogens (tertiary/aromatic N) is 1. The van der Waals surface area contributed by atoms with Crippen LogP contribution in [0.2, 0.25) is 0 Å². The van der Waals surface area contributed by atoms with Gasteiger partial charge < -0.3 is 10.1 Å². The maximum atomic E-state index is 13.4. The van der Waals surface area contributed by atoms with E-state index in [0.717, 1.165) is 16.0 Å². The Kier molecular flexibility index (Phi) is 4.94. The van der Waals surface area contributed by atoms with Gasteiger partial charge in [-0.3, -0.25) is 9.59 Å². The van der Waals surface area contributed by atoms with Crippen LogP contribution in [0.4, 0.5) is 11.4 Å². The molecule has 0 radical (unpaired) electrons. The predicted molar refractivity (Wildman–Crippen MR) is 116 cm³/mol. The Hall–Kier alpha value is -3.38. The van der Waals surface area contributed by atoms with Crippen molar-refractivity contribution in [2.75, 3.05) is 17.3 Å². The zero-order chi connectivity index (χ0) is 20.5. The quantitative estimate of drug-likeness (QED) is 0.623. The average Bonchev–Trinajstić information content (AvgIpc) is 3.32. The van der Waals surface area contributed by atoms with Gasteiger partial charge in [0.1, 0.15) is 11.4 Å². The molecule has 0 saturated heterocycles. The number of ether oxygens (including phenoxy) is 1. The van der Waals surface area contributed by atoms with Crippen LogP contribution >= 0.6 is 11.3 Å². The summed E-state index contributed by atoms with van der Waals surface area (Å²) in [6, 6.07) is 16.7. The number of aryl methyl sites for hydroxylation is 2. The molecule has 0 aliphatic carbocycles. The van der Waals surface area contributed by atoms with E-state index in [2.05, 4.69) is 5.32 Å². The fraction of sp³-hybridized carbons (Fsp3) is 0.130. The number of rotatable bonds is 5. The molecule has 0 atom stereocenters. The number of anilines is 2.